The van der Waals surface area contributed by atoms with Gasteiger partial charge in [-0.05, 0) is 31.4 Å². The van der Waals surface area contributed by atoms with Crippen LogP contribution in [-0.4, -0.2) is 22.9 Å². The van der Waals surface area contributed by atoms with E-state index in [1.54, 1.807) is 24.3 Å². The van der Waals surface area contributed by atoms with Crippen molar-refractivity contribution in [2.24, 2.45) is 5.73 Å². The van der Waals surface area contributed by atoms with Crippen molar-refractivity contribution in [1.29, 1.82) is 0 Å². The van der Waals surface area contributed by atoms with Crippen molar-refractivity contribution < 1.29 is 14.3 Å². The van der Waals surface area contributed by atoms with Gasteiger partial charge in [-0.3, -0.25) is 9.59 Å². The Morgan fingerprint density at radius 2 is 2.10 bits per heavy atom. The van der Waals surface area contributed by atoms with E-state index in [-0.39, 0.29) is 17.3 Å². The number of primary amides is 1. The lowest BCUT2D eigenvalue weighted by molar-refractivity contribution is -0.134. The Bertz CT molecular complexity index is 501. The molecule has 2 N–H and O–H groups in total. The molecule has 1 aliphatic rings. The molecule has 0 spiro atoms. The molecular weight excluding hydrogens is 306 g/mol. The second-order valence-electron chi connectivity index (χ2n) is 4.91. The zero-order valence-corrected chi connectivity index (χ0v) is 13.4. The van der Waals surface area contributed by atoms with Crippen LogP contribution < -0.4 is 10.5 Å². The lowest BCUT2D eigenvalue weighted by Crippen LogP contribution is -2.15. The predicted molar refractivity (Wildman–Crippen MR) is 87.5 cm³/mol. The Kier molecular flexibility index (Phi) is 6.45. The molecule has 1 unspecified atom stereocenters. The molecule has 1 heterocycles. The van der Waals surface area contributed by atoms with Crippen LogP contribution in [0.3, 0.4) is 0 Å². The fraction of sp³-hybridized carbons (Fsp3) is 0.467. The third-order valence-corrected chi connectivity index (χ3v) is 6.27. The maximum atomic E-state index is 11.8. The highest BCUT2D eigenvalue weighted by molar-refractivity contribution is 8.77. The van der Waals surface area contributed by atoms with Crippen molar-refractivity contribution in [3.05, 3.63) is 29.8 Å². The maximum Gasteiger partial charge on any atom is 0.311 e. The first-order valence-corrected chi connectivity index (χ1v) is 9.43. The molecular formula is C15H19NO3S2. The minimum absolute atomic E-state index is 0.241. The van der Waals surface area contributed by atoms with Gasteiger partial charge in [0.2, 0.25) is 0 Å². The van der Waals surface area contributed by atoms with E-state index in [9.17, 15) is 9.59 Å². The second-order valence-corrected chi connectivity index (χ2v) is 7.70. The Balaban J connectivity index is 1.73. The number of ether oxygens (including phenoxy) is 1. The molecule has 1 atom stereocenters. The predicted octanol–water partition coefficient (Wildman–Crippen LogP) is 3.41. The average Bonchev–Trinajstić information content (AvgIpc) is 2.97. The van der Waals surface area contributed by atoms with Crippen molar-refractivity contribution in [1.82, 2.24) is 0 Å². The van der Waals surface area contributed by atoms with Gasteiger partial charge in [0.1, 0.15) is 5.75 Å². The number of benzene rings is 1. The molecule has 1 aromatic rings. The summed E-state index contributed by atoms with van der Waals surface area (Å²) < 4.78 is 5.23. The zero-order chi connectivity index (χ0) is 15.1. The standard InChI is InChI=1S/C15H19NO3S2/c16-15(18)12-6-2-3-7-13(12)19-14(17)8-4-1-5-11-9-10-20-21-11/h2-3,6-7,11H,1,4-5,8-10H2,(H2,16,18). The van der Waals surface area contributed by atoms with Crippen molar-refractivity contribution in [2.45, 2.75) is 37.4 Å². The molecule has 1 fully saturated rings. The first kappa shape index (κ1) is 16.2. The molecule has 2 rings (SSSR count). The minimum atomic E-state index is -0.589. The highest BCUT2D eigenvalue weighted by Gasteiger charge is 2.16. The minimum Gasteiger partial charge on any atom is -0.426 e. The molecule has 0 radical (unpaired) electrons. The molecule has 0 aliphatic carbocycles. The van der Waals surface area contributed by atoms with E-state index in [0.29, 0.717) is 6.42 Å². The summed E-state index contributed by atoms with van der Waals surface area (Å²) in [5, 5.41) is 0.738. The van der Waals surface area contributed by atoms with Crippen LogP contribution in [0.2, 0.25) is 0 Å². The van der Waals surface area contributed by atoms with Crippen LogP contribution in [-0.2, 0) is 4.79 Å². The van der Waals surface area contributed by atoms with E-state index in [0.717, 1.165) is 24.5 Å². The van der Waals surface area contributed by atoms with Crippen molar-refractivity contribution >= 4 is 33.5 Å². The van der Waals surface area contributed by atoms with Gasteiger partial charge in [0.25, 0.3) is 5.91 Å². The Hall–Kier alpha value is -1.14. The first-order valence-electron chi connectivity index (χ1n) is 7.04. The smallest absolute Gasteiger partial charge is 0.311 e. The summed E-state index contributed by atoms with van der Waals surface area (Å²) >= 11 is 0. The molecule has 1 aromatic carbocycles. The van der Waals surface area contributed by atoms with E-state index in [1.807, 2.05) is 21.6 Å². The van der Waals surface area contributed by atoms with Crippen molar-refractivity contribution in [3.8, 4) is 5.75 Å². The number of carbonyl (C=O) groups is 2. The number of rotatable bonds is 7. The zero-order valence-electron chi connectivity index (χ0n) is 11.7. The molecule has 1 aliphatic heterocycles. The summed E-state index contributed by atoms with van der Waals surface area (Å²) in [4.78, 5) is 23.0. The fourth-order valence-corrected chi connectivity index (χ4v) is 5.17. The van der Waals surface area contributed by atoms with Crippen molar-refractivity contribution in [3.63, 3.8) is 0 Å². The topological polar surface area (TPSA) is 69.4 Å². The first-order chi connectivity index (χ1) is 10.2. The monoisotopic (exact) mass is 325 g/mol. The highest BCUT2D eigenvalue weighted by atomic mass is 33.1. The summed E-state index contributed by atoms with van der Waals surface area (Å²) in [6, 6.07) is 6.54. The van der Waals surface area contributed by atoms with Crippen LogP contribution in [0.4, 0.5) is 0 Å². The molecule has 21 heavy (non-hydrogen) atoms. The lowest BCUT2D eigenvalue weighted by Gasteiger charge is -2.08. The summed E-state index contributed by atoms with van der Waals surface area (Å²) in [7, 11) is 3.89. The molecule has 1 amide bonds. The van der Waals surface area contributed by atoms with Gasteiger partial charge in [0.05, 0.1) is 5.56 Å². The number of hydrogen-bond donors (Lipinski definition) is 1. The van der Waals surface area contributed by atoms with Crippen LogP contribution in [0, 0.1) is 0 Å². The summed E-state index contributed by atoms with van der Waals surface area (Å²) in [5.41, 5.74) is 5.49. The number of esters is 1. The van der Waals surface area contributed by atoms with Gasteiger partial charge in [0, 0.05) is 17.4 Å². The quantitative estimate of drug-likeness (QED) is 0.360. The SMILES string of the molecule is NC(=O)c1ccccc1OC(=O)CCCCC1CCSS1. The summed E-state index contributed by atoms with van der Waals surface area (Å²) in [6.45, 7) is 0. The number of para-hydroxylation sites is 1. The Morgan fingerprint density at radius 3 is 2.81 bits per heavy atom. The van der Waals surface area contributed by atoms with Crippen LogP contribution in [0.5, 0.6) is 5.75 Å². The molecule has 0 bridgehead atoms. The second kappa shape index (κ2) is 8.34. The van der Waals surface area contributed by atoms with Gasteiger partial charge in [0.15, 0.2) is 0 Å². The third kappa shape index (κ3) is 5.28. The third-order valence-electron chi connectivity index (χ3n) is 3.26. The molecule has 0 saturated carbocycles. The maximum absolute atomic E-state index is 11.8. The molecule has 4 nitrogen and oxygen atoms in total. The normalized spacial score (nSPS) is 17.6. The molecule has 6 heteroatoms. The average molecular weight is 325 g/mol. The molecule has 114 valence electrons. The number of hydrogen-bond acceptors (Lipinski definition) is 5. The van der Waals surface area contributed by atoms with Gasteiger partial charge in [-0.1, -0.05) is 40.1 Å². The summed E-state index contributed by atoms with van der Waals surface area (Å²) in [5.74, 6) is 0.588. The van der Waals surface area contributed by atoms with Gasteiger partial charge in [-0.2, -0.15) is 0 Å². The Labute approximate surface area is 132 Å². The number of nitrogens with two attached hydrogens (primary N) is 1. The summed E-state index contributed by atoms with van der Waals surface area (Å²) in [6.07, 6.45) is 4.65. The van der Waals surface area contributed by atoms with Gasteiger partial charge in [-0.25, -0.2) is 0 Å². The molecule has 1 saturated heterocycles. The van der Waals surface area contributed by atoms with Gasteiger partial charge in [-0.15, -0.1) is 0 Å². The van der Waals surface area contributed by atoms with Crippen LogP contribution in [0.15, 0.2) is 24.3 Å². The van der Waals surface area contributed by atoms with Gasteiger partial charge < -0.3 is 10.5 Å². The van der Waals surface area contributed by atoms with E-state index >= 15 is 0 Å². The van der Waals surface area contributed by atoms with Crippen LogP contribution in [0.1, 0.15) is 42.5 Å². The number of carbonyl (C=O) groups excluding carboxylic acids is 2. The number of unbranched alkanes of at least 4 members (excludes halogenated alkanes) is 1. The highest BCUT2D eigenvalue weighted by Crippen LogP contribution is 2.39. The largest absolute Gasteiger partial charge is 0.426 e. The van der Waals surface area contributed by atoms with Crippen LogP contribution >= 0.6 is 21.6 Å². The lowest BCUT2D eigenvalue weighted by atomic mass is 10.1. The van der Waals surface area contributed by atoms with Gasteiger partial charge >= 0.3 is 5.97 Å². The van der Waals surface area contributed by atoms with E-state index in [2.05, 4.69) is 0 Å². The van der Waals surface area contributed by atoms with Crippen molar-refractivity contribution in [2.75, 3.05) is 5.75 Å². The van der Waals surface area contributed by atoms with Crippen LogP contribution in [0.25, 0.3) is 0 Å². The number of amides is 1. The molecule has 0 aromatic heterocycles. The Morgan fingerprint density at radius 1 is 1.29 bits per heavy atom. The van der Waals surface area contributed by atoms with E-state index < -0.39 is 5.91 Å². The van der Waals surface area contributed by atoms with E-state index in [1.165, 1.54) is 12.2 Å². The van der Waals surface area contributed by atoms with E-state index in [4.69, 9.17) is 10.5 Å². The fourth-order valence-electron chi connectivity index (χ4n) is 2.14.